The maximum Gasteiger partial charge on any atom is 0.356 e. The Kier molecular flexibility index (Phi) is 2.52. The van der Waals surface area contributed by atoms with Gasteiger partial charge in [0.1, 0.15) is 5.69 Å². The zero-order valence-electron chi connectivity index (χ0n) is 10.2. The zero-order valence-corrected chi connectivity index (χ0v) is 10.2. The van der Waals surface area contributed by atoms with E-state index in [1.165, 1.54) is 12.4 Å². The lowest BCUT2D eigenvalue weighted by atomic mass is 10.1. The SMILES string of the molecule is Cc1[nH]c2ccccc2c1-c1nccnc1C(=O)O. The molecule has 3 aromatic rings. The smallest absolute Gasteiger partial charge is 0.356 e. The molecule has 0 bridgehead atoms. The van der Waals surface area contributed by atoms with Crippen LogP contribution in [0.5, 0.6) is 0 Å². The van der Waals surface area contributed by atoms with Crippen LogP contribution in [0.1, 0.15) is 16.2 Å². The molecular weight excluding hydrogens is 242 g/mol. The lowest BCUT2D eigenvalue weighted by molar-refractivity contribution is 0.0691. The first-order valence-corrected chi connectivity index (χ1v) is 5.80. The number of carboxylic acid groups (broad SMARTS) is 1. The molecule has 3 rings (SSSR count). The van der Waals surface area contributed by atoms with Crippen molar-refractivity contribution in [2.75, 3.05) is 0 Å². The Morgan fingerprint density at radius 3 is 2.74 bits per heavy atom. The second-order valence-electron chi connectivity index (χ2n) is 4.23. The number of fused-ring (bicyclic) bond motifs is 1. The number of benzene rings is 1. The maximum atomic E-state index is 11.3. The molecule has 5 nitrogen and oxygen atoms in total. The highest BCUT2D eigenvalue weighted by Crippen LogP contribution is 2.31. The van der Waals surface area contributed by atoms with E-state index >= 15 is 0 Å². The molecule has 5 heteroatoms. The van der Waals surface area contributed by atoms with Gasteiger partial charge in [0.2, 0.25) is 0 Å². The topological polar surface area (TPSA) is 78.9 Å². The number of carbonyl (C=O) groups is 1. The Bertz CT molecular complexity index is 777. The van der Waals surface area contributed by atoms with Gasteiger partial charge in [-0.1, -0.05) is 18.2 Å². The van der Waals surface area contributed by atoms with Crippen LogP contribution in [0.4, 0.5) is 0 Å². The molecule has 2 heterocycles. The largest absolute Gasteiger partial charge is 0.476 e. The fourth-order valence-electron chi connectivity index (χ4n) is 2.26. The molecule has 0 atom stereocenters. The molecule has 0 aliphatic carbocycles. The van der Waals surface area contributed by atoms with Gasteiger partial charge in [0.25, 0.3) is 0 Å². The van der Waals surface area contributed by atoms with E-state index in [-0.39, 0.29) is 5.69 Å². The van der Waals surface area contributed by atoms with Gasteiger partial charge in [0, 0.05) is 34.6 Å². The number of carboxylic acids is 1. The maximum absolute atomic E-state index is 11.3. The molecule has 0 aliphatic rings. The second kappa shape index (κ2) is 4.20. The van der Waals surface area contributed by atoms with Gasteiger partial charge in [0.15, 0.2) is 5.69 Å². The highest BCUT2D eigenvalue weighted by atomic mass is 16.4. The van der Waals surface area contributed by atoms with Crippen molar-refractivity contribution >= 4 is 16.9 Å². The van der Waals surface area contributed by atoms with Gasteiger partial charge in [-0.15, -0.1) is 0 Å². The highest BCUT2D eigenvalue weighted by molar-refractivity contribution is 6.02. The van der Waals surface area contributed by atoms with Crippen LogP contribution in [0.15, 0.2) is 36.7 Å². The summed E-state index contributed by atoms with van der Waals surface area (Å²) in [5.41, 5.74) is 2.99. The van der Waals surface area contributed by atoms with Crippen LogP contribution >= 0.6 is 0 Å². The monoisotopic (exact) mass is 253 g/mol. The number of nitrogens with zero attached hydrogens (tertiary/aromatic N) is 2. The van der Waals surface area contributed by atoms with Crippen LogP contribution in [0.2, 0.25) is 0 Å². The molecule has 0 radical (unpaired) electrons. The minimum Gasteiger partial charge on any atom is -0.476 e. The minimum absolute atomic E-state index is 0.0321. The van der Waals surface area contributed by atoms with Gasteiger partial charge in [-0.05, 0) is 13.0 Å². The van der Waals surface area contributed by atoms with E-state index in [4.69, 9.17) is 0 Å². The minimum atomic E-state index is -1.08. The predicted octanol–water partition coefficient (Wildman–Crippen LogP) is 2.63. The Morgan fingerprint density at radius 1 is 1.21 bits per heavy atom. The van der Waals surface area contributed by atoms with E-state index in [1.807, 2.05) is 31.2 Å². The number of hydrogen-bond acceptors (Lipinski definition) is 3. The highest BCUT2D eigenvalue weighted by Gasteiger charge is 2.19. The number of H-pyrrole nitrogens is 1. The number of aryl methyl sites for hydroxylation is 1. The zero-order chi connectivity index (χ0) is 13.4. The van der Waals surface area contributed by atoms with Gasteiger partial charge in [0.05, 0.1) is 0 Å². The average Bonchev–Trinajstić information content (AvgIpc) is 2.74. The molecule has 0 saturated heterocycles. The van der Waals surface area contributed by atoms with Crippen molar-refractivity contribution in [2.45, 2.75) is 6.92 Å². The van der Waals surface area contributed by atoms with Crippen molar-refractivity contribution in [1.82, 2.24) is 15.0 Å². The fraction of sp³-hybridized carbons (Fsp3) is 0.0714. The first-order valence-electron chi connectivity index (χ1n) is 5.80. The molecule has 0 amide bonds. The summed E-state index contributed by atoms with van der Waals surface area (Å²) in [7, 11) is 0. The summed E-state index contributed by atoms with van der Waals surface area (Å²) >= 11 is 0. The average molecular weight is 253 g/mol. The van der Waals surface area contributed by atoms with E-state index in [0.717, 1.165) is 22.2 Å². The third-order valence-corrected chi connectivity index (χ3v) is 3.03. The number of nitrogens with one attached hydrogen (secondary N) is 1. The normalized spacial score (nSPS) is 10.8. The summed E-state index contributed by atoms with van der Waals surface area (Å²) in [6.45, 7) is 1.90. The molecule has 1 aromatic carbocycles. The standard InChI is InChI=1S/C14H11N3O2/c1-8-11(9-4-2-3-5-10(9)17-8)12-13(14(18)19)16-7-6-15-12/h2-7,17H,1H3,(H,18,19). The van der Waals surface area contributed by atoms with Crippen LogP contribution in [0.25, 0.3) is 22.2 Å². The fourth-order valence-corrected chi connectivity index (χ4v) is 2.26. The van der Waals surface area contributed by atoms with Crippen molar-refractivity contribution in [3.8, 4) is 11.3 Å². The van der Waals surface area contributed by atoms with Gasteiger partial charge < -0.3 is 10.1 Å². The number of aromatic nitrogens is 3. The summed E-state index contributed by atoms with van der Waals surface area (Å²) in [5, 5.41) is 10.2. The summed E-state index contributed by atoms with van der Waals surface area (Å²) in [6.07, 6.45) is 2.89. The van der Waals surface area contributed by atoms with E-state index in [2.05, 4.69) is 15.0 Å². The van der Waals surface area contributed by atoms with E-state index in [0.29, 0.717) is 5.69 Å². The summed E-state index contributed by atoms with van der Waals surface area (Å²) in [5.74, 6) is -1.08. The quantitative estimate of drug-likeness (QED) is 0.735. The van der Waals surface area contributed by atoms with Gasteiger partial charge in [-0.25, -0.2) is 9.78 Å². The number of hydrogen-bond donors (Lipinski definition) is 2. The Balaban J connectivity index is 2.37. The molecule has 0 spiro atoms. The number of rotatable bonds is 2. The lowest BCUT2D eigenvalue weighted by Gasteiger charge is -2.04. The van der Waals surface area contributed by atoms with Crippen LogP contribution in [0.3, 0.4) is 0 Å². The molecule has 2 aromatic heterocycles. The first kappa shape index (κ1) is 11.4. The van der Waals surface area contributed by atoms with Gasteiger partial charge in [-0.3, -0.25) is 4.98 Å². The van der Waals surface area contributed by atoms with E-state index < -0.39 is 5.97 Å². The predicted molar refractivity (Wildman–Crippen MR) is 71.0 cm³/mol. The van der Waals surface area contributed by atoms with Gasteiger partial charge in [-0.2, -0.15) is 0 Å². The Hall–Kier alpha value is -2.69. The van der Waals surface area contributed by atoms with Crippen LogP contribution in [-0.2, 0) is 0 Å². The Labute approximate surface area is 109 Å². The van der Waals surface area contributed by atoms with Crippen molar-refractivity contribution in [3.05, 3.63) is 48.0 Å². The summed E-state index contributed by atoms with van der Waals surface area (Å²) < 4.78 is 0. The Morgan fingerprint density at radius 2 is 1.95 bits per heavy atom. The molecule has 2 N–H and O–H groups in total. The number of aromatic carboxylic acids is 1. The van der Waals surface area contributed by atoms with Crippen molar-refractivity contribution in [2.24, 2.45) is 0 Å². The van der Waals surface area contributed by atoms with Crippen molar-refractivity contribution < 1.29 is 9.90 Å². The van der Waals surface area contributed by atoms with Crippen molar-refractivity contribution in [1.29, 1.82) is 0 Å². The third-order valence-electron chi connectivity index (χ3n) is 3.03. The molecule has 0 unspecified atom stereocenters. The van der Waals surface area contributed by atoms with E-state index in [9.17, 15) is 9.90 Å². The van der Waals surface area contributed by atoms with Crippen LogP contribution in [-0.4, -0.2) is 26.0 Å². The third kappa shape index (κ3) is 1.76. The van der Waals surface area contributed by atoms with Gasteiger partial charge >= 0.3 is 5.97 Å². The number of para-hydroxylation sites is 1. The molecule has 0 fully saturated rings. The van der Waals surface area contributed by atoms with Crippen molar-refractivity contribution in [3.63, 3.8) is 0 Å². The molecule has 0 aliphatic heterocycles. The first-order chi connectivity index (χ1) is 9.18. The number of aromatic amines is 1. The summed E-state index contributed by atoms with van der Waals surface area (Å²) in [6, 6.07) is 7.73. The van der Waals surface area contributed by atoms with Crippen LogP contribution < -0.4 is 0 Å². The molecule has 94 valence electrons. The lowest BCUT2D eigenvalue weighted by Crippen LogP contribution is -2.04. The molecular formula is C14H11N3O2. The molecule has 19 heavy (non-hydrogen) atoms. The van der Waals surface area contributed by atoms with Crippen LogP contribution in [0, 0.1) is 6.92 Å². The second-order valence-corrected chi connectivity index (χ2v) is 4.23. The summed E-state index contributed by atoms with van der Waals surface area (Å²) in [4.78, 5) is 22.6. The molecule has 0 saturated carbocycles. The van der Waals surface area contributed by atoms with E-state index in [1.54, 1.807) is 0 Å².